The van der Waals surface area contributed by atoms with Crippen LogP contribution in [0.25, 0.3) is 11.1 Å². The van der Waals surface area contributed by atoms with Crippen LogP contribution in [0.5, 0.6) is 5.75 Å². The first-order valence-electron chi connectivity index (χ1n) is 8.28. The molecule has 2 aromatic rings. The Hall–Kier alpha value is -3.28. The first kappa shape index (κ1) is 19.5. The maximum absolute atomic E-state index is 14.1. The second kappa shape index (κ2) is 8.61. The molecular weight excluding hydrogens is 387 g/mol. The van der Waals surface area contributed by atoms with E-state index in [1.54, 1.807) is 24.3 Å². The monoisotopic (exact) mass is 400 g/mol. The predicted molar refractivity (Wildman–Crippen MR) is 105 cm³/mol. The minimum Gasteiger partial charge on any atom is -0.481 e. The Morgan fingerprint density at radius 1 is 1.36 bits per heavy atom. The molecule has 1 aliphatic heterocycles. The number of nitro groups is 1. The first-order chi connectivity index (χ1) is 13.5. The summed E-state index contributed by atoms with van der Waals surface area (Å²) in [6, 6.07) is 8.51. The van der Waals surface area contributed by atoms with E-state index < -0.39 is 10.7 Å². The average Bonchev–Trinajstić information content (AvgIpc) is 2.70. The van der Waals surface area contributed by atoms with Crippen molar-refractivity contribution in [1.29, 1.82) is 0 Å². The van der Waals surface area contributed by atoms with Crippen molar-refractivity contribution in [3.63, 3.8) is 0 Å². The Labute approximate surface area is 164 Å². The number of rotatable bonds is 6. The lowest BCUT2D eigenvalue weighted by molar-refractivity contribution is -0.386. The average molecular weight is 401 g/mol. The van der Waals surface area contributed by atoms with Crippen molar-refractivity contribution >= 4 is 40.6 Å². The van der Waals surface area contributed by atoms with Gasteiger partial charge in [0.05, 0.1) is 22.6 Å². The molecule has 0 saturated carbocycles. The Balaban J connectivity index is 1.90. The van der Waals surface area contributed by atoms with Crippen molar-refractivity contribution in [2.45, 2.75) is 6.42 Å². The van der Waals surface area contributed by atoms with E-state index in [1.807, 2.05) is 6.08 Å². The Morgan fingerprint density at radius 2 is 2.18 bits per heavy atom. The van der Waals surface area contributed by atoms with Crippen molar-refractivity contribution in [3.05, 3.63) is 74.6 Å². The third-order valence-corrected chi connectivity index (χ3v) is 4.40. The van der Waals surface area contributed by atoms with Crippen LogP contribution in [-0.4, -0.2) is 30.2 Å². The standard InChI is InChI=1S/C20H14ClFN2O4/c21-15-4-5-16(18(22)10-15)14(11-25)12-28-19-3-1-2-17(20(19)24(26)27)13-6-8-23-9-7-13/h1-6,9-10H,7-8,12H2. The predicted octanol–water partition coefficient (Wildman–Crippen LogP) is 4.54. The number of aliphatic imine (C=N–C) groups is 1. The van der Waals surface area contributed by atoms with Gasteiger partial charge in [0.25, 0.3) is 0 Å². The molecule has 8 heteroatoms. The molecule has 28 heavy (non-hydrogen) atoms. The number of nitrogens with zero attached hydrogens (tertiary/aromatic N) is 2. The lowest BCUT2D eigenvalue weighted by Gasteiger charge is -2.13. The summed E-state index contributed by atoms with van der Waals surface area (Å²) in [7, 11) is 0. The minimum atomic E-state index is -0.704. The van der Waals surface area contributed by atoms with Crippen molar-refractivity contribution in [2.75, 3.05) is 13.2 Å². The molecular formula is C20H14ClFN2O4. The van der Waals surface area contributed by atoms with Gasteiger partial charge in [-0.25, -0.2) is 9.18 Å². The van der Waals surface area contributed by atoms with Gasteiger partial charge in [0.2, 0.25) is 0 Å². The molecule has 0 fully saturated rings. The van der Waals surface area contributed by atoms with E-state index >= 15 is 0 Å². The van der Waals surface area contributed by atoms with Crippen LogP contribution in [0.1, 0.15) is 17.5 Å². The molecule has 6 nitrogen and oxygen atoms in total. The molecule has 0 saturated heterocycles. The molecule has 0 unspecified atom stereocenters. The van der Waals surface area contributed by atoms with E-state index in [4.69, 9.17) is 16.3 Å². The number of para-hydroxylation sites is 1. The third-order valence-electron chi connectivity index (χ3n) is 4.16. The fraction of sp³-hybridized carbons (Fsp3) is 0.150. The van der Waals surface area contributed by atoms with Gasteiger partial charge < -0.3 is 4.74 Å². The van der Waals surface area contributed by atoms with Crippen LogP contribution >= 0.6 is 11.6 Å². The highest BCUT2D eigenvalue weighted by molar-refractivity contribution is 6.30. The summed E-state index contributed by atoms with van der Waals surface area (Å²) < 4.78 is 19.6. The maximum atomic E-state index is 14.1. The fourth-order valence-corrected chi connectivity index (χ4v) is 2.99. The van der Waals surface area contributed by atoms with Gasteiger partial charge in [0, 0.05) is 23.2 Å². The van der Waals surface area contributed by atoms with Gasteiger partial charge in [-0.05, 0) is 35.9 Å². The molecule has 0 bridgehead atoms. The summed E-state index contributed by atoms with van der Waals surface area (Å²) in [4.78, 5) is 26.5. The lowest BCUT2D eigenvalue weighted by atomic mass is 9.99. The molecule has 0 N–H and O–H groups in total. The minimum absolute atomic E-state index is 0.0203. The van der Waals surface area contributed by atoms with Crippen LogP contribution < -0.4 is 4.74 Å². The number of nitro benzene ring substituents is 1. The summed E-state index contributed by atoms with van der Waals surface area (Å²) >= 11 is 5.72. The Morgan fingerprint density at radius 3 is 2.82 bits per heavy atom. The zero-order valence-electron chi connectivity index (χ0n) is 14.5. The molecule has 3 rings (SSSR count). The fourth-order valence-electron chi connectivity index (χ4n) is 2.84. The number of hydrogen-bond donors (Lipinski definition) is 0. The van der Waals surface area contributed by atoms with Crippen LogP contribution in [0.4, 0.5) is 10.1 Å². The molecule has 0 aliphatic carbocycles. The highest BCUT2D eigenvalue weighted by Crippen LogP contribution is 2.37. The summed E-state index contributed by atoms with van der Waals surface area (Å²) in [5, 5.41) is 11.8. The van der Waals surface area contributed by atoms with Gasteiger partial charge in [-0.15, -0.1) is 0 Å². The maximum Gasteiger partial charge on any atom is 0.318 e. The van der Waals surface area contributed by atoms with Gasteiger partial charge >= 0.3 is 5.69 Å². The molecule has 1 aliphatic rings. The van der Waals surface area contributed by atoms with Crippen molar-refractivity contribution < 1.29 is 18.8 Å². The second-order valence-electron chi connectivity index (χ2n) is 5.88. The Kier molecular flexibility index (Phi) is 5.99. The molecule has 0 spiro atoms. The largest absolute Gasteiger partial charge is 0.481 e. The van der Waals surface area contributed by atoms with Gasteiger partial charge in [-0.2, -0.15) is 0 Å². The van der Waals surface area contributed by atoms with Crippen LogP contribution in [0, 0.1) is 15.9 Å². The van der Waals surface area contributed by atoms with Gasteiger partial charge in [-0.3, -0.25) is 15.1 Å². The molecule has 1 heterocycles. The number of hydrogen-bond acceptors (Lipinski definition) is 5. The van der Waals surface area contributed by atoms with Crippen LogP contribution in [0.15, 0.2) is 47.5 Å². The van der Waals surface area contributed by atoms with E-state index in [-0.39, 0.29) is 34.2 Å². The summed E-state index contributed by atoms with van der Waals surface area (Å²) in [5.74, 6) is 0.911. The SMILES string of the molecule is O=C=C(COc1cccc(C2=CCN=CC2)c1[N+](=O)[O-])c1ccc(Cl)cc1F. The van der Waals surface area contributed by atoms with Crippen LogP contribution in [-0.2, 0) is 4.79 Å². The number of ether oxygens (including phenoxy) is 1. The molecule has 0 amide bonds. The zero-order valence-corrected chi connectivity index (χ0v) is 15.3. The van der Waals surface area contributed by atoms with Crippen molar-refractivity contribution in [2.24, 2.45) is 4.99 Å². The third kappa shape index (κ3) is 4.17. The first-order valence-corrected chi connectivity index (χ1v) is 8.66. The smallest absolute Gasteiger partial charge is 0.318 e. The lowest BCUT2D eigenvalue weighted by Crippen LogP contribution is -2.07. The van der Waals surface area contributed by atoms with Crippen molar-refractivity contribution in [3.8, 4) is 5.75 Å². The van der Waals surface area contributed by atoms with Crippen LogP contribution in [0.2, 0.25) is 5.02 Å². The van der Waals surface area contributed by atoms with E-state index in [1.165, 1.54) is 18.2 Å². The van der Waals surface area contributed by atoms with Crippen LogP contribution in [0.3, 0.4) is 0 Å². The van der Waals surface area contributed by atoms with E-state index in [2.05, 4.69) is 4.99 Å². The molecule has 0 radical (unpaired) electrons. The highest BCUT2D eigenvalue weighted by Gasteiger charge is 2.24. The summed E-state index contributed by atoms with van der Waals surface area (Å²) in [6.07, 6.45) is 3.98. The summed E-state index contributed by atoms with van der Waals surface area (Å²) in [5.41, 5.74) is 0.832. The second-order valence-corrected chi connectivity index (χ2v) is 6.32. The number of carbonyl (C=O) groups excluding carboxylic acids is 1. The Bertz CT molecular complexity index is 1040. The van der Waals surface area contributed by atoms with E-state index in [9.17, 15) is 19.3 Å². The number of allylic oxidation sites excluding steroid dienone is 1. The topological polar surface area (TPSA) is 81.8 Å². The van der Waals surface area contributed by atoms with Gasteiger partial charge in [-0.1, -0.05) is 23.7 Å². The molecule has 142 valence electrons. The summed E-state index contributed by atoms with van der Waals surface area (Å²) in [6.45, 7) is 0.0678. The molecule has 0 aromatic heterocycles. The van der Waals surface area contributed by atoms with Gasteiger partial charge in [0.15, 0.2) is 5.75 Å². The molecule has 2 aromatic carbocycles. The molecule has 0 atom stereocenters. The number of halogens is 2. The quantitative estimate of drug-likeness (QED) is 0.405. The van der Waals surface area contributed by atoms with Crippen molar-refractivity contribution in [1.82, 2.24) is 0 Å². The number of dihydropyridines is 1. The zero-order chi connectivity index (χ0) is 20.1. The van der Waals surface area contributed by atoms with E-state index in [0.717, 1.165) is 11.6 Å². The highest BCUT2D eigenvalue weighted by atomic mass is 35.5. The van der Waals surface area contributed by atoms with E-state index in [0.29, 0.717) is 18.5 Å². The number of benzene rings is 2. The normalized spacial score (nSPS) is 12.9. The van der Waals surface area contributed by atoms with Gasteiger partial charge in [0.1, 0.15) is 18.4 Å².